The van der Waals surface area contributed by atoms with E-state index in [-0.39, 0.29) is 18.0 Å². The highest BCUT2D eigenvalue weighted by molar-refractivity contribution is 9.10. The van der Waals surface area contributed by atoms with Gasteiger partial charge in [0.05, 0.1) is 17.7 Å². The minimum atomic E-state index is -0.576. The number of carbonyl (C=O) groups excluding carboxylic acids is 1. The standard InChI is InChI=1S/C34H48BrNO3.C29H49N/c1-22(8-6-18-33(3,4)39)29-16-17-30-24(9-7-19-34(29,30)5)10-11-26-20-28(37)21-31(23(26)2)36-32(38)25-12-14-27(35)15-13-25;1-20-18-24(22(3)27(30)19-20)13-12-23-11-9-17-29(7)25(14-15-26(23)29)21(2)10-8-16-28(4,5)6/h10-15,22,28-31,37,39H,2,6-9,16-21H2,1,3-5H3,(H,36,38);12-13,20-21,25-27H,3,8-11,14-19,30H2,1-2,4-7H3/b24-10+,26-11-;23-12+,24-13-/t22-,28-,29-,30+,31+,34-;20-,21-,25-,26+,27+,29-/m11/s1. The van der Waals surface area contributed by atoms with Gasteiger partial charge < -0.3 is 21.3 Å². The Bertz CT molecular complexity index is 2060. The summed E-state index contributed by atoms with van der Waals surface area (Å²) in [6.45, 7) is 32.1. The molecule has 6 aliphatic rings. The Balaban J connectivity index is 0.000000235. The summed E-state index contributed by atoms with van der Waals surface area (Å²) in [6, 6.07) is 7.20. The molecule has 1 aromatic rings. The van der Waals surface area contributed by atoms with E-state index in [1.54, 1.807) is 23.3 Å². The van der Waals surface area contributed by atoms with Gasteiger partial charge in [-0.2, -0.15) is 0 Å². The van der Waals surface area contributed by atoms with Crippen molar-refractivity contribution in [1.82, 2.24) is 5.32 Å². The summed E-state index contributed by atoms with van der Waals surface area (Å²) < 4.78 is 0.933. The zero-order chi connectivity index (χ0) is 50.5. The summed E-state index contributed by atoms with van der Waals surface area (Å²) in [5, 5.41) is 23.9. The first kappa shape index (κ1) is 55.8. The number of aliphatic hydroxyl groups excluding tert-OH is 1. The highest BCUT2D eigenvalue weighted by Gasteiger charge is 2.52. The number of hydrogen-bond donors (Lipinski definition) is 4. The van der Waals surface area contributed by atoms with Crippen molar-refractivity contribution >= 4 is 21.8 Å². The smallest absolute Gasteiger partial charge is 0.251 e. The highest BCUT2D eigenvalue weighted by atomic mass is 79.9. The molecule has 0 aliphatic heterocycles. The molecule has 0 radical (unpaired) electrons. The number of nitrogens with one attached hydrogen (secondary N) is 1. The van der Waals surface area contributed by atoms with Crippen LogP contribution in [0.5, 0.6) is 0 Å². The van der Waals surface area contributed by atoms with Crippen LogP contribution < -0.4 is 11.1 Å². The number of benzene rings is 1. The molecule has 6 heteroatoms. The van der Waals surface area contributed by atoms with E-state index in [9.17, 15) is 15.0 Å². The predicted octanol–water partition coefficient (Wildman–Crippen LogP) is 16.1. The quantitative estimate of drug-likeness (QED) is 0.158. The third kappa shape index (κ3) is 14.4. The molecule has 1 aromatic carbocycles. The SMILES string of the molecule is C=C1/C(=C\C=C2/CCC[C@]3(C)[C@@H]([C@H](C)CCCC(C)(C)C)CC[C@@H]23)C[C@@H](C)C[C@@H]1N.C=C1/C(=C\C=C2/CCC[C@]3(C)[C@@H]([C@H](C)CCCC(C)(C)O)CC[C@@H]23)C[C@@H](O)C[C@@H]1NC(=O)c1ccc(Br)cc1. The lowest BCUT2D eigenvalue weighted by Gasteiger charge is -2.44. The van der Waals surface area contributed by atoms with Gasteiger partial charge in [0, 0.05) is 16.1 Å². The lowest BCUT2D eigenvalue weighted by atomic mass is 9.60. The number of nitrogens with two attached hydrogens (primary N) is 1. The summed E-state index contributed by atoms with van der Waals surface area (Å²) in [7, 11) is 0. The van der Waals surface area contributed by atoms with Crippen molar-refractivity contribution in [2.45, 2.75) is 221 Å². The van der Waals surface area contributed by atoms with Crippen LogP contribution in [-0.4, -0.2) is 39.9 Å². The molecule has 6 saturated carbocycles. The Morgan fingerprint density at radius 3 is 1.81 bits per heavy atom. The van der Waals surface area contributed by atoms with Gasteiger partial charge in [0.25, 0.3) is 5.91 Å². The van der Waals surface area contributed by atoms with E-state index in [0.717, 1.165) is 71.4 Å². The van der Waals surface area contributed by atoms with Gasteiger partial charge in [-0.25, -0.2) is 0 Å². The number of allylic oxidation sites excluding steroid dienone is 6. The van der Waals surface area contributed by atoms with E-state index in [1.807, 2.05) is 26.0 Å². The lowest BCUT2D eigenvalue weighted by molar-refractivity contribution is 0.0596. The summed E-state index contributed by atoms with van der Waals surface area (Å²) in [4.78, 5) is 12.9. The molecule has 6 aliphatic carbocycles. The molecule has 384 valence electrons. The Morgan fingerprint density at radius 2 is 1.30 bits per heavy atom. The zero-order valence-corrected chi connectivity index (χ0v) is 46.8. The van der Waals surface area contributed by atoms with Crippen LogP contribution in [0.15, 0.2) is 99.6 Å². The molecule has 0 saturated heterocycles. The number of hydrogen-bond acceptors (Lipinski definition) is 4. The summed E-state index contributed by atoms with van der Waals surface area (Å²) in [5.74, 6) is 5.09. The largest absolute Gasteiger partial charge is 0.393 e. The van der Waals surface area contributed by atoms with Gasteiger partial charge in [-0.3, -0.25) is 4.79 Å². The van der Waals surface area contributed by atoms with Crippen molar-refractivity contribution in [2.75, 3.05) is 0 Å². The second-order valence-electron chi connectivity index (χ2n) is 26.0. The minimum absolute atomic E-state index is 0.142. The molecule has 0 bridgehead atoms. The third-order valence-corrected chi connectivity index (χ3v) is 19.3. The molecule has 69 heavy (non-hydrogen) atoms. The number of rotatable bonds is 13. The first-order valence-corrected chi connectivity index (χ1v) is 28.6. The number of amides is 1. The van der Waals surface area contributed by atoms with Gasteiger partial charge in [0.15, 0.2) is 0 Å². The van der Waals surface area contributed by atoms with E-state index in [2.05, 4.69) is 114 Å². The van der Waals surface area contributed by atoms with E-state index in [1.165, 1.54) is 94.6 Å². The van der Waals surface area contributed by atoms with E-state index >= 15 is 0 Å². The number of carbonyl (C=O) groups is 1. The maximum absolute atomic E-state index is 12.9. The van der Waals surface area contributed by atoms with E-state index < -0.39 is 11.7 Å². The van der Waals surface area contributed by atoms with Crippen LogP contribution in [0, 0.1) is 57.7 Å². The zero-order valence-electron chi connectivity index (χ0n) is 45.2. The topological polar surface area (TPSA) is 95.6 Å². The van der Waals surface area contributed by atoms with Crippen LogP contribution in [0.2, 0.25) is 0 Å². The molecule has 1 amide bonds. The molecule has 12 atom stereocenters. The summed E-state index contributed by atoms with van der Waals surface area (Å²) in [5.41, 5.74) is 15.5. The fourth-order valence-corrected chi connectivity index (χ4v) is 15.2. The van der Waals surface area contributed by atoms with Gasteiger partial charge in [-0.05, 0) is 221 Å². The molecule has 0 aromatic heterocycles. The highest BCUT2D eigenvalue weighted by Crippen LogP contribution is 2.61. The molecular formula is C63H97BrN2O3. The summed E-state index contributed by atoms with van der Waals surface area (Å²) in [6.07, 6.45) is 32.6. The van der Waals surface area contributed by atoms with Gasteiger partial charge in [0.1, 0.15) is 0 Å². The number of fused-ring (bicyclic) bond motifs is 2. The van der Waals surface area contributed by atoms with E-state index in [4.69, 9.17) is 5.73 Å². The van der Waals surface area contributed by atoms with Crippen molar-refractivity contribution in [3.63, 3.8) is 0 Å². The van der Waals surface area contributed by atoms with Crippen molar-refractivity contribution in [3.8, 4) is 0 Å². The summed E-state index contributed by atoms with van der Waals surface area (Å²) >= 11 is 3.41. The van der Waals surface area contributed by atoms with Crippen LogP contribution in [0.3, 0.4) is 0 Å². The molecule has 6 fully saturated rings. The normalized spacial score (nSPS) is 35.2. The fraction of sp³-hybridized carbons (Fsp3) is 0.698. The van der Waals surface area contributed by atoms with Gasteiger partial charge in [-0.1, -0.05) is 146 Å². The van der Waals surface area contributed by atoms with Crippen LogP contribution in [0.25, 0.3) is 0 Å². The average molecular weight is 1010 g/mol. The monoisotopic (exact) mass is 1010 g/mol. The Labute approximate surface area is 430 Å². The number of halogens is 1. The first-order valence-electron chi connectivity index (χ1n) is 27.8. The molecule has 0 heterocycles. The van der Waals surface area contributed by atoms with Crippen molar-refractivity contribution in [1.29, 1.82) is 0 Å². The molecule has 0 unspecified atom stereocenters. The molecule has 0 spiro atoms. The molecule has 5 N–H and O–H groups in total. The Kier molecular flexibility index (Phi) is 19.1. The Morgan fingerprint density at radius 1 is 0.797 bits per heavy atom. The second kappa shape index (κ2) is 23.6. The minimum Gasteiger partial charge on any atom is -0.393 e. The van der Waals surface area contributed by atoms with Gasteiger partial charge in [0.2, 0.25) is 0 Å². The van der Waals surface area contributed by atoms with Crippen molar-refractivity contribution < 1.29 is 15.0 Å². The van der Waals surface area contributed by atoms with Crippen LogP contribution >= 0.6 is 15.9 Å². The first-order chi connectivity index (χ1) is 32.4. The van der Waals surface area contributed by atoms with Gasteiger partial charge >= 0.3 is 0 Å². The van der Waals surface area contributed by atoms with E-state index in [0.29, 0.717) is 52.4 Å². The van der Waals surface area contributed by atoms with Crippen molar-refractivity contribution in [2.24, 2.45) is 63.4 Å². The fourth-order valence-electron chi connectivity index (χ4n) is 14.9. The third-order valence-electron chi connectivity index (χ3n) is 18.8. The molecular weight excluding hydrogens is 913 g/mol. The number of aliphatic hydroxyl groups is 2. The van der Waals surface area contributed by atoms with Crippen LogP contribution in [0.4, 0.5) is 0 Å². The maximum atomic E-state index is 12.9. The van der Waals surface area contributed by atoms with Gasteiger partial charge in [-0.15, -0.1) is 0 Å². The average Bonchev–Trinajstić information content (AvgIpc) is 3.81. The predicted molar refractivity (Wildman–Crippen MR) is 296 cm³/mol. The van der Waals surface area contributed by atoms with Crippen LogP contribution in [-0.2, 0) is 0 Å². The Hall–Kier alpha value is -2.51. The lowest BCUT2D eigenvalue weighted by Crippen LogP contribution is -2.41. The maximum Gasteiger partial charge on any atom is 0.251 e. The van der Waals surface area contributed by atoms with Crippen molar-refractivity contribution in [3.05, 3.63) is 105 Å². The molecule has 5 nitrogen and oxygen atoms in total. The second-order valence-corrected chi connectivity index (χ2v) is 26.9. The van der Waals surface area contributed by atoms with Crippen LogP contribution in [0.1, 0.15) is 208 Å². The molecule has 7 rings (SSSR count).